The smallest absolute Gasteiger partial charge is 0.339 e. The van der Waals surface area contributed by atoms with Gasteiger partial charge in [0.15, 0.2) is 6.61 Å². The first kappa shape index (κ1) is 20.5. The van der Waals surface area contributed by atoms with Gasteiger partial charge in [0.2, 0.25) is 0 Å². The monoisotopic (exact) mass is 439 g/mol. The molecule has 0 fully saturated rings. The van der Waals surface area contributed by atoms with Crippen LogP contribution in [0.4, 0.5) is 10.1 Å². The fourth-order valence-electron chi connectivity index (χ4n) is 2.99. The SMILES string of the molecule is Cc1noc2nc(-c3ccccc3)cc(C(=O)OCC(=O)Nc3ccc(F)c(Cl)c3)c12. The van der Waals surface area contributed by atoms with Crippen LogP contribution in [0.3, 0.4) is 0 Å². The summed E-state index contributed by atoms with van der Waals surface area (Å²) in [5.41, 5.74) is 2.40. The molecule has 0 saturated heterocycles. The van der Waals surface area contributed by atoms with E-state index in [9.17, 15) is 14.0 Å². The molecule has 0 aliphatic heterocycles. The molecule has 0 spiro atoms. The third-order valence-electron chi connectivity index (χ3n) is 4.44. The van der Waals surface area contributed by atoms with Crippen molar-refractivity contribution in [3.8, 4) is 11.3 Å². The van der Waals surface area contributed by atoms with Crippen molar-refractivity contribution in [1.82, 2.24) is 10.1 Å². The van der Waals surface area contributed by atoms with Crippen molar-refractivity contribution in [2.75, 3.05) is 11.9 Å². The summed E-state index contributed by atoms with van der Waals surface area (Å²) in [6.07, 6.45) is 0. The maximum absolute atomic E-state index is 13.2. The standard InChI is InChI=1S/C22H15ClFN3O4/c1-12-20-15(10-18(26-21(20)31-27-12)13-5-3-2-4-6-13)22(29)30-11-19(28)25-14-7-8-17(24)16(23)9-14/h2-10H,11H2,1H3,(H,25,28). The van der Waals surface area contributed by atoms with Gasteiger partial charge in [0.1, 0.15) is 5.82 Å². The van der Waals surface area contributed by atoms with E-state index in [1.54, 1.807) is 13.0 Å². The van der Waals surface area contributed by atoms with E-state index in [0.717, 1.165) is 11.6 Å². The van der Waals surface area contributed by atoms with Crippen LogP contribution in [0.25, 0.3) is 22.4 Å². The molecule has 2 aromatic carbocycles. The lowest BCUT2D eigenvalue weighted by atomic mass is 10.1. The molecule has 0 radical (unpaired) electrons. The normalized spacial score (nSPS) is 10.8. The average Bonchev–Trinajstić information content (AvgIpc) is 3.15. The number of aryl methyl sites for hydroxylation is 1. The lowest BCUT2D eigenvalue weighted by Gasteiger charge is -2.09. The molecular formula is C22H15ClFN3O4. The second-order valence-electron chi connectivity index (χ2n) is 6.62. The number of hydrogen-bond donors (Lipinski definition) is 1. The van der Waals surface area contributed by atoms with Crippen LogP contribution in [0.1, 0.15) is 16.1 Å². The number of esters is 1. The molecule has 156 valence electrons. The minimum Gasteiger partial charge on any atom is -0.452 e. The second kappa shape index (κ2) is 8.53. The number of benzene rings is 2. The van der Waals surface area contributed by atoms with Crippen molar-refractivity contribution >= 4 is 40.3 Å². The molecule has 9 heteroatoms. The molecule has 0 aliphatic rings. The van der Waals surface area contributed by atoms with Crippen molar-refractivity contribution in [2.24, 2.45) is 0 Å². The molecule has 1 amide bonds. The molecule has 7 nitrogen and oxygen atoms in total. The van der Waals surface area contributed by atoms with Crippen LogP contribution in [0.5, 0.6) is 0 Å². The van der Waals surface area contributed by atoms with Crippen molar-refractivity contribution in [3.05, 3.63) is 76.7 Å². The van der Waals surface area contributed by atoms with Crippen LogP contribution in [0.15, 0.2) is 59.1 Å². The number of hydrogen-bond acceptors (Lipinski definition) is 6. The predicted molar refractivity (Wildman–Crippen MR) is 112 cm³/mol. The van der Waals surface area contributed by atoms with Crippen molar-refractivity contribution in [1.29, 1.82) is 0 Å². The number of halogens is 2. The third-order valence-corrected chi connectivity index (χ3v) is 4.73. The van der Waals surface area contributed by atoms with Crippen molar-refractivity contribution in [3.63, 3.8) is 0 Å². The van der Waals surface area contributed by atoms with Gasteiger partial charge in [-0.15, -0.1) is 0 Å². The average molecular weight is 440 g/mol. The Bertz CT molecular complexity index is 1290. The number of pyridine rings is 1. The number of aromatic nitrogens is 2. The van der Waals surface area contributed by atoms with Gasteiger partial charge < -0.3 is 14.6 Å². The lowest BCUT2D eigenvalue weighted by molar-refractivity contribution is -0.119. The van der Waals surface area contributed by atoms with Gasteiger partial charge in [-0.05, 0) is 31.2 Å². The van der Waals surface area contributed by atoms with Gasteiger partial charge in [-0.25, -0.2) is 14.2 Å². The minimum absolute atomic E-state index is 0.134. The zero-order valence-corrected chi connectivity index (χ0v) is 16.9. The summed E-state index contributed by atoms with van der Waals surface area (Å²) in [6.45, 7) is 1.13. The first-order chi connectivity index (χ1) is 14.9. The highest BCUT2D eigenvalue weighted by molar-refractivity contribution is 6.31. The number of carbonyl (C=O) groups excluding carboxylic acids is 2. The van der Waals surface area contributed by atoms with Crippen molar-refractivity contribution in [2.45, 2.75) is 6.92 Å². The van der Waals surface area contributed by atoms with Crippen LogP contribution in [-0.2, 0) is 9.53 Å². The number of fused-ring (bicyclic) bond motifs is 1. The quantitative estimate of drug-likeness (QED) is 0.449. The van der Waals surface area contributed by atoms with Gasteiger partial charge in [-0.1, -0.05) is 47.1 Å². The van der Waals surface area contributed by atoms with E-state index in [1.807, 2.05) is 30.3 Å². The lowest BCUT2D eigenvalue weighted by Crippen LogP contribution is -2.21. The zero-order chi connectivity index (χ0) is 22.0. The maximum atomic E-state index is 13.2. The summed E-state index contributed by atoms with van der Waals surface area (Å²) in [7, 11) is 0. The third kappa shape index (κ3) is 4.39. The number of ether oxygens (including phenoxy) is 1. The summed E-state index contributed by atoms with van der Waals surface area (Å²) in [5, 5.41) is 6.64. The topological polar surface area (TPSA) is 94.3 Å². The number of nitrogens with one attached hydrogen (secondary N) is 1. The number of nitrogens with zero attached hydrogens (tertiary/aromatic N) is 2. The highest BCUT2D eigenvalue weighted by Crippen LogP contribution is 2.27. The molecule has 31 heavy (non-hydrogen) atoms. The second-order valence-corrected chi connectivity index (χ2v) is 7.03. The molecule has 0 atom stereocenters. The Balaban J connectivity index is 1.55. The van der Waals surface area contributed by atoms with E-state index in [2.05, 4.69) is 15.5 Å². The van der Waals surface area contributed by atoms with Crippen LogP contribution < -0.4 is 5.32 Å². The van der Waals surface area contributed by atoms with Crippen LogP contribution in [-0.4, -0.2) is 28.6 Å². The van der Waals surface area contributed by atoms with E-state index in [4.69, 9.17) is 20.9 Å². The molecule has 2 aromatic heterocycles. The van der Waals surface area contributed by atoms with Crippen LogP contribution in [0.2, 0.25) is 5.02 Å². The predicted octanol–water partition coefficient (Wildman–Crippen LogP) is 4.79. The highest BCUT2D eigenvalue weighted by atomic mass is 35.5. The van der Waals surface area contributed by atoms with E-state index < -0.39 is 24.3 Å². The summed E-state index contributed by atoms with van der Waals surface area (Å²) in [6, 6.07) is 14.5. The molecule has 2 heterocycles. The van der Waals surface area contributed by atoms with Crippen LogP contribution >= 0.6 is 11.6 Å². The molecular weight excluding hydrogens is 425 g/mol. The van der Waals surface area contributed by atoms with E-state index >= 15 is 0 Å². The molecule has 0 bridgehead atoms. The van der Waals surface area contributed by atoms with Crippen molar-refractivity contribution < 1.29 is 23.2 Å². The number of amides is 1. The summed E-state index contributed by atoms with van der Waals surface area (Å²) in [5.74, 6) is -1.94. The van der Waals surface area contributed by atoms with E-state index in [0.29, 0.717) is 16.8 Å². The number of carbonyl (C=O) groups is 2. The zero-order valence-electron chi connectivity index (χ0n) is 16.2. The summed E-state index contributed by atoms with van der Waals surface area (Å²) < 4.78 is 23.7. The Morgan fingerprint density at radius 1 is 1.16 bits per heavy atom. The first-order valence-corrected chi connectivity index (χ1v) is 9.54. The van der Waals surface area contributed by atoms with Gasteiger partial charge >= 0.3 is 5.97 Å². The summed E-state index contributed by atoms with van der Waals surface area (Å²) in [4.78, 5) is 29.3. The number of anilines is 1. The Labute approximate surface area is 180 Å². The van der Waals surface area contributed by atoms with Gasteiger partial charge in [0.05, 0.1) is 27.4 Å². The fraction of sp³-hybridized carbons (Fsp3) is 0.0909. The Morgan fingerprint density at radius 2 is 1.94 bits per heavy atom. The Hall–Kier alpha value is -3.78. The van der Waals surface area contributed by atoms with Crippen LogP contribution in [0, 0.1) is 12.7 Å². The fourth-order valence-corrected chi connectivity index (χ4v) is 3.17. The molecule has 1 N–H and O–H groups in total. The molecule has 0 aliphatic carbocycles. The van der Waals surface area contributed by atoms with Gasteiger partial charge in [0, 0.05) is 11.3 Å². The molecule has 4 rings (SSSR count). The Kier molecular flexibility index (Phi) is 5.64. The molecule has 4 aromatic rings. The van der Waals surface area contributed by atoms with E-state index in [-0.39, 0.29) is 22.0 Å². The Morgan fingerprint density at radius 3 is 2.68 bits per heavy atom. The minimum atomic E-state index is -0.733. The summed E-state index contributed by atoms with van der Waals surface area (Å²) >= 11 is 5.70. The largest absolute Gasteiger partial charge is 0.452 e. The van der Waals surface area contributed by atoms with Gasteiger partial charge in [-0.3, -0.25) is 4.79 Å². The van der Waals surface area contributed by atoms with E-state index in [1.165, 1.54) is 12.1 Å². The number of rotatable bonds is 5. The molecule has 0 saturated carbocycles. The molecule has 0 unspecified atom stereocenters. The highest BCUT2D eigenvalue weighted by Gasteiger charge is 2.21. The van der Waals surface area contributed by atoms with Gasteiger partial charge in [0.25, 0.3) is 11.6 Å². The maximum Gasteiger partial charge on any atom is 0.339 e. The van der Waals surface area contributed by atoms with Gasteiger partial charge in [-0.2, -0.15) is 0 Å². The first-order valence-electron chi connectivity index (χ1n) is 9.17.